The maximum Gasteiger partial charge on any atom is 0.274 e. The number of methoxy groups -OCH3 is 1. The molecule has 0 spiro atoms. The van der Waals surface area contributed by atoms with Gasteiger partial charge >= 0.3 is 0 Å². The van der Waals surface area contributed by atoms with Gasteiger partial charge in [0, 0.05) is 19.3 Å². The highest BCUT2D eigenvalue weighted by Crippen LogP contribution is 2.40. The van der Waals surface area contributed by atoms with E-state index >= 15 is 0 Å². The topological polar surface area (TPSA) is 73.3 Å². The molecule has 6 nitrogen and oxygen atoms in total. The van der Waals surface area contributed by atoms with Crippen molar-refractivity contribution >= 4 is 39.1 Å². The standard InChI is InChI=1S/C15H12ClN3O3S/c1-17-14(20)10-7-8(5-6-18-10)22-11-4-3-9-13(12(11)16)23-15(19-9)21-2/h3-7H,1-2H3,(H,17,20). The molecule has 1 N–H and O–H groups in total. The number of hydrogen-bond donors (Lipinski definition) is 1. The minimum Gasteiger partial charge on any atom is -0.473 e. The number of ether oxygens (including phenoxy) is 2. The summed E-state index contributed by atoms with van der Waals surface area (Å²) in [6, 6.07) is 6.73. The normalized spacial score (nSPS) is 10.6. The van der Waals surface area contributed by atoms with Gasteiger partial charge in [0.2, 0.25) is 0 Å². The van der Waals surface area contributed by atoms with Crippen LogP contribution in [-0.4, -0.2) is 30.0 Å². The first-order valence-electron chi connectivity index (χ1n) is 6.61. The number of pyridine rings is 1. The van der Waals surface area contributed by atoms with Crippen LogP contribution in [0.25, 0.3) is 10.2 Å². The van der Waals surface area contributed by atoms with Crippen molar-refractivity contribution in [2.24, 2.45) is 0 Å². The molecule has 0 saturated heterocycles. The van der Waals surface area contributed by atoms with E-state index in [0.29, 0.717) is 21.7 Å². The molecule has 0 radical (unpaired) electrons. The number of carbonyl (C=O) groups excluding carboxylic acids is 1. The van der Waals surface area contributed by atoms with E-state index in [4.69, 9.17) is 21.1 Å². The van der Waals surface area contributed by atoms with Gasteiger partial charge < -0.3 is 14.8 Å². The van der Waals surface area contributed by atoms with Gasteiger partial charge in [-0.05, 0) is 18.2 Å². The smallest absolute Gasteiger partial charge is 0.274 e. The van der Waals surface area contributed by atoms with Crippen LogP contribution in [0.1, 0.15) is 10.5 Å². The second kappa shape index (κ2) is 6.39. The number of aromatic nitrogens is 2. The lowest BCUT2D eigenvalue weighted by Crippen LogP contribution is -2.18. The minimum absolute atomic E-state index is 0.265. The van der Waals surface area contributed by atoms with Crippen LogP contribution >= 0.6 is 22.9 Å². The summed E-state index contributed by atoms with van der Waals surface area (Å²) in [6.45, 7) is 0. The molecule has 1 aromatic carbocycles. The van der Waals surface area contributed by atoms with Gasteiger partial charge in [-0.3, -0.25) is 9.78 Å². The summed E-state index contributed by atoms with van der Waals surface area (Å²) in [5.41, 5.74) is 1.01. The summed E-state index contributed by atoms with van der Waals surface area (Å²) in [6.07, 6.45) is 1.50. The first-order chi connectivity index (χ1) is 11.1. The van der Waals surface area contributed by atoms with Gasteiger partial charge in [-0.15, -0.1) is 0 Å². The van der Waals surface area contributed by atoms with Crippen molar-refractivity contribution < 1.29 is 14.3 Å². The second-order valence-corrected chi connectivity index (χ2v) is 5.81. The van der Waals surface area contributed by atoms with Crippen LogP contribution in [0.4, 0.5) is 0 Å². The SMILES string of the molecule is CNC(=O)c1cc(Oc2ccc3nc(OC)sc3c2Cl)ccn1. The molecule has 0 atom stereocenters. The van der Waals surface area contributed by atoms with Crippen LogP contribution in [0.2, 0.25) is 5.02 Å². The highest BCUT2D eigenvalue weighted by atomic mass is 35.5. The zero-order chi connectivity index (χ0) is 16.4. The molecule has 0 aliphatic carbocycles. The van der Waals surface area contributed by atoms with E-state index in [1.165, 1.54) is 17.5 Å². The van der Waals surface area contributed by atoms with Crippen molar-refractivity contribution in [1.29, 1.82) is 0 Å². The number of nitrogens with zero attached hydrogens (tertiary/aromatic N) is 2. The Morgan fingerprint density at radius 1 is 1.35 bits per heavy atom. The summed E-state index contributed by atoms with van der Waals surface area (Å²) < 4.78 is 11.7. The Morgan fingerprint density at radius 3 is 2.91 bits per heavy atom. The molecule has 0 saturated carbocycles. The molecule has 118 valence electrons. The van der Waals surface area contributed by atoms with Crippen LogP contribution < -0.4 is 14.8 Å². The third kappa shape index (κ3) is 3.06. The molecule has 1 amide bonds. The largest absolute Gasteiger partial charge is 0.473 e. The third-order valence-electron chi connectivity index (χ3n) is 3.04. The van der Waals surface area contributed by atoms with Crippen LogP contribution in [0.3, 0.4) is 0 Å². The van der Waals surface area contributed by atoms with Crippen LogP contribution in [-0.2, 0) is 0 Å². The highest BCUT2D eigenvalue weighted by molar-refractivity contribution is 7.20. The summed E-state index contributed by atoms with van der Waals surface area (Å²) in [7, 11) is 3.10. The lowest BCUT2D eigenvalue weighted by Gasteiger charge is -2.08. The lowest BCUT2D eigenvalue weighted by atomic mass is 10.3. The van der Waals surface area contributed by atoms with Crippen molar-refractivity contribution in [2.45, 2.75) is 0 Å². The molecule has 0 fully saturated rings. The number of amides is 1. The number of benzene rings is 1. The van der Waals surface area contributed by atoms with E-state index in [-0.39, 0.29) is 11.6 Å². The monoisotopic (exact) mass is 349 g/mol. The fraction of sp³-hybridized carbons (Fsp3) is 0.133. The van der Waals surface area contributed by atoms with E-state index in [1.807, 2.05) is 0 Å². The van der Waals surface area contributed by atoms with E-state index in [1.54, 1.807) is 38.4 Å². The second-order valence-electron chi connectivity index (χ2n) is 4.47. The molecule has 2 heterocycles. The predicted octanol–water partition coefficient (Wildman–Crippen LogP) is 3.51. The zero-order valence-corrected chi connectivity index (χ0v) is 13.9. The lowest BCUT2D eigenvalue weighted by molar-refractivity contribution is 0.0958. The predicted molar refractivity (Wildman–Crippen MR) is 88.9 cm³/mol. The van der Waals surface area contributed by atoms with Gasteiger partial charge in [0.25, 0.3) is 11.1 Å². The molecule has 8 heteroatoms. The maximum atomic E-state index is 11.6. The van der Waals surface area contributed by atoms with E-state index in [0.717, 1.165) is 10.2 Å². The molecule has 2 aromatic heterocycles. The Morgan fingerprint density at radius 2 is 2.17 bits per heavy atom. The van der Waals surface area contributed by atoms with E-state index < -0.39 is 0 Å². The fourth-order valence-electron chi connectivity index (χ4n) is 1.94. The third-order valence-corrected chi connectivity index (χ3v) is 4.57. The van der Waals surface area contributed by atoms with Gasteiger partial charge in [0.05, 0.1) is 17.3 Å². The van der Waals surface area contributed by atoms with Crippen molar-refractivity contribution in [3.05, 3.63) is 41.2 Å². The molecule has 3 aromatic rings. The number of halogens is 1. The molecule has 3 rings (SSSR count). The first-order valence-corrected chi connectivity index (χ1v) is 7.81. The number of carbonyl (C=O) groups is 1. The summed E-state index contributed by atoms with van der Waals surface area (Å²) in [4.78, 5) is 19.9. The molecule has 0 aliphatic heterocycles. The van der Waals surface area contributed by atoms with Gasteiger partial charge in [-0.2, -0.15) is 0 Å². The van der Waals surface area contributed by atoms with Gasteiger partial charge in [0.15, 0.2) is 0 Å². The first kappa shape index (κ1) is 15.5. The molecular weight excluding hydrogens is 338 g/mol. The summed E-state index contributed by atoms with van der Waals surface area (Å²) in [5.74, 6) is 0.653. The molecule has 23 heavy (non-hydrogen) atoms. The van der Waals surface area contributed by atoms with E-state index in [2.05, 4.69) is 15.3 Å². The van der Waals surface area contributed by atoms with Gasteiger partial charge in [-0.1, -0.05) is 22.9 Å². The maximum absolute atomic E-state index is 11.6. The van der Waals surface area contributed by atoms with Crippen LogP contribution in [0.5, 0.6) is 16.7 Å². The van der Waals surface area contributed by atoms with Gasteiger partial charge in [-0.25, -0.2) is 4.98 Å². The van der Waals surface area contributed by atoms with Crippen LogP contribution in [0.15, 0.2) is 30.5 Å². The highest BCUT2D eigenvalue weighted by Gasteiger charge is 2.14. The number of rotatable bonds is 4. The van der Waals surface area contributed by atoms with Crippen molar-refractivity contribution in [3.8, 4) is 16.7 Å². The molecule has 0 bridgehead atoms. The number of fused-ring (bicyclic) bond motifs is 1. The minimum atomic E-state index is -0.288. The molecular formula is C15H12ClN3O3S. The zero-order valence-electron chi connectivity index (χ0n) is 12.3. The quantitative estimate of drug-likeness (QED) is 0.780. The number of hydrogen-bond acceptors (Lipinski definition) is 6. The summed E-state index contributed by atoms with van der Waals surface area (Å²) >= 11 is 7.72. The molecule has 0 aliphatic rings. The molecule has 0 unspecified atom stereocenters. The van der Waals surface area contributed by atoms with Crippen molar-refractivity contribution in [2.75, 3.05) is 14.2 Å². The van der Waals surface area contributed by atoms with Crippen LogP contribution in [0, 0.1) is 0 Å². The Balaban J connectivity index is 1.95. The Bertz CT molecular complexity index is 882. The average Bonchev–Trinajstić information content (AvgIpc) is 3.01. The van der Waals surface area contributed by atoms with Gasteiger partial charge in [0.1, 0.15) is 22.2 Å². The average molecular weight is 350 g/mol. The number of nitrogens with one attached hydrogen (secondary N) is 1. The van der Waals surface area contributed by atoms with Crippen molar-refractivity contribution in [3.63, 3.8) is 0 Å². The Hall–Kier alpha value is -2.38. The Labute approximate surface area is 141 Å². The van der Waals surface area contributed by atoms with Crippen molar-refractivity contribution in [1.82, 2.24) is 15.3 Å². The Kier molecular flexibility index (Phi) is 4.31. The number of thiazole rings is 1. The fourth-order valence-corrected chi connectivity index (χ4v) is 3.07. The van der Waals surface area contributed by atoms with E-state index in [9.17, 15) is 4.79 Å². The summed E-state index contributed by atoms with van der Waals surface area (Å²) in [5, 5.41) is 3.49.